The molecule has 0 aromatic heterocycles. The van der Waals surface area contributed by atoms with Crippen LogP contribution in [0.3, 0.4) is 0 Å². The molecule has 5 rings (SSSR count). The summed E-state index contributed by atoms with van der Waals surface area (Å²) in [4.78, 5) is 41.0. The number of hydrogen-bond donors (Lipinski definition) is 2. The summed E-state index contributed by atoms with van der Waals surface area (Å²) in [6.07, 6.45) is 3.11. The van der Waals surface area contributed by atoms with Gasteiger partial charge in [-0.25, -0.2) is 0 Å². The Bertz CT molecular complexity index is 987. The van der Waals surface area contributed by atoms with E-state index in [4.69, 9.17) is 10.5 Å². The zero-order chi connectivity index (χ0) is 21.5. The summed E-state index contributed by atoms with van der Waals surface area (Å²) in [6.45, 7) is 2.12. The number of rotatable bonds is 4. The molecule has 162 valence electrons. The van der Waals surface area contributed by atoms with E-state index in [1.165, 1.54) is 0 Å². The third-order valence-corrected chi connectivity index (χ3v) is 6.71. The van der Waals surface area contributed by atoms with Crippen LogP contribution < -0.4 is 11.1 Å². The van der Waals surface area contributed by atoms with Crippen molar-refractivity contribution >= 4 is 17.5 Å². The van der Waals surface area contributed by atoms with Gasteiger partial charge in [0.25, 0.3) is 0 Å². The van der Waals surface area contributed by atoms with E-state index in [-0.39, 0.29) is 29.7 Å². The summed E-state index contributed by atoms with van der Waals surface area (Å²) >= 11 is 0. The molecule has 8 heteroatoms. The Morgan fingerprint density at radius 2 is 2.03 bits per heavy atom. The monoisotopic (exact) mass is 422 g/mol. The highest BCUT2D eigenvalue weighted by Gasteiger charge is 2.49. The number of amides is 1. The minimum Gasteiger partial charge on any atom is -0.491 e. The molecule has 1 saturated carbocycles. The van der Waals surface area contributed by atoms with E-state index in [1.807, 2.05) is 35.2 Å². The highest BCUT2D eigenvalue weighted by atomic mass is 16.5. The zero-order valence-electron chi connectivity index (χ0n) is 17.3. The van der Waals surface area contributed by atoms with Crippen molar-refractivity contribution in [1.82, 2.24) is 15.1 Å². The maximum atomic E-state index is 12.8. The topological polar surface area (TPSA) is 105 Å². The van der Waals surface area contributed by atoms with E-state index in [9.17, 15) is 14.4 Å². The molecule has 0 spiro atoms. The first kappa shape index (κ1) is 20.0. The number of nitrogens with zero attached hydrogens (tertiary/aromatic N) is 2. The third kappa shape index (κ3) is 3.66. The van der Waals surface area contributed by atoms with Gasteiger partial charge in [-0.1, -0.05) is 30.3 Å². The summed E-state index contributed by atoms with van der Waals surface area (Å²) in [5, 5.41) is 3.52. The van der Waals surface area contributed by atoms with Gasteiger partial charge in [0.1, 0.15) is 12.4 Å². The number of piperazine rings is 1. The van der Waals surface area contributed by atoms with E-state index in [0.717, 1.165) is 17.7 Å². The first-order valence-corrected chi connectivity index (χ1v) is 10.7. The summed E-state index contributed by atoms with van der Waals surface area (Å²) in [5.41, 5.74) is 8.04. The average Bonchev–Trinajstić information content (AvgIpc) is 2.78. The van der Waals surface area contributed by atoms with Crippen molar-refractivity contribution in [2.75, 3.05) is 19.6 Å². The largest absolute Gasteiger partial charge is 0.491 e. The van der Waals surface area contributed by atoms with Gasteiger partial charge in [0, 0.05) is 37.7 Å². The molecule has 8 nitrogen and oxygen atoms in total. The Kier molecular flexibility index (Phi) is 5.11. The van der Waals surface area contributed by atoms with E-state index in [1.54, 1.807) is 6.20 Å². The number of nitrogens with one attached hydrogen (secondary N) is 1. The van der Waals surface area contributed by atoms with Gasteiger partial charge in [0.2, 0.25) is 11.7 Å². The lowest BCUT2D eigenvalue weighted by molar-refractivity contribution is -0.147. The smallest absolute Gasteiger partial charge is 0.246 e. The number of carbonyl (C=O) groups excluding carboxylic acids is 3. The number of fused-ring (bicyclic) bond motifs is 4. The van der Waals surface area contributed by atoms with Gasteiger partial charge in [0.15, 0.2) is 5.78 Å². The lowest BCUT2D eigenvalue weighted by Gasteiger charge is -2.53. The minimum absolute atomic E-state index is 0.0845. The first-order valence-electron chi connectivity index (χ1n) is 10.7. The second-order valence-electron chi connectivity index (χ2n) is 8.62. The fourth-order valence-corrected chi connectivity index (χ4v) is 5.07. The summed E-state index contributed by atoms with van der Waals surface area (Å²) < 4.78 is 6.17. The Morgan fingerprint density at radius 1 is 1.23 bits per heavy atom. The Morgan fingerprint density at radius 3 is 2.81 bits per heavy atom. The van der Waals surface area contributed by atoms with Crippen LogP contribution in [0.25, 0.3) is 0 Å². The molecule has 1 aromatic rings. The molecular formula is C23H26N4O4. The van der Waals surface area contributed by atoms with E-state index in [0.29, 0.717) is 50.4 Å². The van der Waals surface area contributed by atoms with Crippen LogP contribution in [-0.4, -0.2) is 59.1 Å². The lowest BCUT2D eigenvalue weighted by Crippen LogP contribution is -2.70. The standard InChI is InChI=1S/C23H26N4O4/c24-23(30)16-8-19(31-13-14-4-2-1-3-5-14)17-11-27-20(12-26(17)10-16)25-9-15-6-7-18(28)22(29)21(15)27/h1-5,10,15,20-21,25H,6-9,11-13H2,(H2,24,30). The SMILES string of the molecule is NC(=O)C1=CN2CC3NCC4CCC(=O)C(=O)C4N3CC2=C(OCc2ccccc2)C1. The number of ketones is 2. The predicted molar refractivity (Wildman–Crippen MR) is 112 cm³/mol. The molecule has 3 atom stereocenters. The summed E-state index contributed by atoms with van der Waals surface area (Å²) in [6, 6.07) is 9.44. The normalized spacial score (nSPS) is 28.5. The van der Waals surface area contributed by atoms with Crippen LogP contribution in [0, 0.1) is 5.92 Å². The molecular weight excluding hydrogens is 396 g/mol. The fourth-order valence-electron chi connectivity index (χ4n) is 5.07. The van der Waals surface area contributed by atoms with Gasteiger partial charge in [0.05, 0.1) is 24.4 Å². The number of hydrogen-bond acceptors (Lipinski definition) is 7. The zero-order valence-corrected chi connectivity index (χ0v) is 17.3. The maximum Gasteiger partial charge on any atom is 0.246 e. The van der Waals surface area contributed by atoms with Crippen LogP contribution >= 0.6 is 0 Å². The highest BCUT2D eigenvalue weighted by Crippen LogP contribution is 2.36. The van der Waals surface area contributed by atoms with E-state index >= 15 is 0 Å². The molecule has 1 amide bonds. The molecule has 1 aliphatic carbocycles. The lowest BCUT2D eigenvalue weighted by atomic mass is 9.79. The molecule has 3 fully saturated rings. The van der Waals surface area contributed by atoms with Crippen LogP contribution in [0.4, 0.5) is 0 Å². The Hall–Kier alpha value is -2.97. The maximum absolute atomic E-state index is 12.8. The molecule has 0 radical (unpaired) electrons. The second kappa shape index (κ2) is 7.94. The van der Waals surface area contributed by atoms with Gasteiger partial charge < -0.3 is 15.4 Å². The van der Waals surface area contributed by atoms with Gasteiger partial charge >= 0.3 is 0 Å². The average molecular weight is 422 g/mol. The number of allylic oxidation sites excluding steroid dienone is 1. The fraction of sp³-hybridized carbons (Fsp3) is 0.435. The van der Waals surface area contributed by atoms with Gasteiger partial charge in [-0.2, -0.15) is 0 Å². The highest BCUT2D eigenvalue weighted by molar-refractivity contribution is 6.39. The number of Topliss-reactive ketones (excluding diaryl/α,β-unsaturated/α-hetero) is 2. The number of benzene rings is 1. The molecule has 4 aliphatic rings. The molecule has 3 unspecified atom stereocenters. The van der Waals surface area contributed by atoms with E-state index in [2.05, 4.69) is 10.2 Å². The Balaban J connectivity index is 1.44. The molecule has 1 aromatic carbocycles. The van der Waals surface area contributed by atoms with E-state index < -0.39 is 5.91 Å². The molecule has 3 aliphatic heterocycles. The number of ether oxygens (including phenoxy) is 1. The van der Waals surface area contributed by atoms with Crippen molar-refractivity contribution in [3.05, 3.63) is 59.1 Å². The molecule has 3 heterocycles. The number of carbonyl (C=O) groups is 3. The number of nitrogens with two attached hydrogens (primary N) is 1. The van der Waals surface area contributed by atoms with Crippen molar-refractivity contribution in [3.63, 3.8) is 0 Å². The molecule has 31 heavy (non-hydrogen) atoms. The van der Waals surface area contributed by atoms with Crippen molar-refractivity contribution in [1.29, 1.82) is 0 Å². The minimum atomic E-state index is -0.466. The first-order chi connectivity index (χ1) is 15.0. The van der Waals surface area contributed by atoms with Gasteiger partial charge in [-0.15, -0.1) is 0 Å². The molecule has 2 saturated heterocycles. The summed E-state index contributed by atoms with van der Waals surface area (Å²) in [7, 11) is 0. The predicted octanol–water partition coefficient (Wildman–Crippen LogP) is 0.651. The Labute approximate surface area is 180 Å². The van der Waals surface area contributed by atoms with Crippen molar-refractivity contribution in [2.24, 2.45) is 11.7 Å². The quantitative estimate of drug-likeness (QED) is 0.687. The van der Waals surface area contributed by atoms with Crippen molar-refractivity contribution < 1.29 is 19.1 Å². The van der Waals surface area contributed by atoms with Crippen LogP contribution in [-0.2, 0) is 25.7 Å². The van der Waals surface area contributed by atoms with Crippen LogP contribution in [0.1, 0.15) is 24.8 Å². The van der Waals surface area contributed by atoms with Crippen LogP contribution in [0.2, 0.25) is 0 Å². The third-order valence-electron chi connectivity index (χ3n) is 6.71. The van der Waals surface area contributed by atoms with Gasteiger partial charge in [-0.3, -0.25) is 24.6 Å². The summed E-state index contributed by atoms with van der Waals surface area (Å²) in [5.74, 6) is -0.170. The van der Waals surface area contributed by atoms with Crippen molar-refractivity contribution in [2.45, 2.75) is 38.1 Å². The second-order valence-corrected chi connectivity index (χ2v) is 8.62. The van der Waals surface area contributed by atoms with Crippen LogP contribution in [0.5, 0.6) is 0 Å². The molecule has 0 bridgehead atoms. The molecule has 3 N–H and O–H groups in total. The van der Waals surface area contributed by atoms with Crippen LogP contribution in [0.15, 0.2) is 53.6 Å². The number of primary amides is 1. The van der Waals surface area contributed by atoms with Crippen molar-refractivity contribution in [3.8, 4) is 0 Å². The van der Waals surface area contributed by atoms with Gasteiger partial charge in [-0.05, 0) is 17.9 Å².